The molecule has 1 aliphatic rings. The molecule has 2 aromatic carbocycles. The molecule has 0 amide bonds. The van der Waals surface area contributed by atoms with Gasteiger partial charge >= 0.3 is 0 Å². The van der Waals surface area contributed by atoms with E-state index in [1.807, 2.05) is 0 Å². The third-order valence-electron chi connectivity index (χ3n) is 4.72. The summed E-state index contributed by atoms with van der Waals surface area (Å²) in [4.78, 5) is 14.9. The average Bonchev–Trinajstić information content (AvgIpc) is 2.62. The average molecular weight is 433 g/mol. The molecule has 1 saturated heterocycles. The molecule has 1 fully saturated rings. The number of hydrogen-bond donors (Lipinski definition) is 0. The maximum atomic E-state index is 13.0. The van der Waals surface area contributed by atoms with Crippen molar-refractivity contribution >= 4 is 28.4 Å². The lowest BCUT2D eigenvalue weighted by Gasteiger charge is -2.31. The van der Waals surface area contributed by atoms with Crippen molar-refractivity contribution in [2.45, 2.75) is 19.3 Å². The Bertz CT molecular complexity index is 676. The van der Waals surface area contributed by atoms with Gasteiger partial charge in [0.2, 0.25) is 0 Å². The second-order valence-electron chi connectivity index (χ2n) is 6.36. The Hall–Kier alpha value is -1.27. The number of rotatable bonds is 5. The van der Waals surface area contributed by atoms with Crippen LogP contribution in [0.15, 0.2) is 48.5 Å². The van der Waals surface area contributed by atoms with Crippen molar-refractivity contribution in [2.75, 3.05) is 19.6 Å². The second-order valence-corrected chi connectivity index (χ2v) is 7.61. The highest BCUT2D eigenvalue weighted by Crippen LogP contribution is 2.22. The van der Waals surface area contributed by atoms with E-state index in [0.29, 0.717) is 5.56 Å². The monoisotopic (exact) mass is 433 g/mol. The van der Waals surface area contributed by atoms with Gasteiger partial charge in [0, 0.05) is 21.6 Å². The van der Waals surface area contributed by atoms with Crippen LogP contribution < -0.4 is 0 Å². The summed E-state index contributed by atoms with van der Waals surface area (Å²) < 4.78 is 14.2. The highest BCUT2D eigenvalue weighted by molar-refractivity contribution is 14.1. The first-order valence-corrected chi connectivity index (χ1v) is 9.46. The summed E-state index contributed by atoms with van der Waals surface area (Å²) in [5.41, 5.74) is 1.99. The van der Waals surface area contributed by atoms with Crippen LogP contribution >= 0.6 is 22.6 Å². The number of hydrogen-bond acceptors (Lipinski definition) is 2. The smallest absolute Gasteiger partial charge is 0.166 e. The Morgan fingerprint density at radius 3 is 2.29 bits per heavy atom. The van der Waals surface area contributed by atoms with Crippen LogP contribution in [0.5, 0.6) is 0 Å². The lowest BCUT2D eigenvalue weighted by molar-refractivity contribution is 0.0841. The van der Waals surface area contributed by atoms with E-state index < -0.39 is 0 Å². The van der Waals surface area contributed by atoms with Gasteiger partial charge in [-0.05, 0) is 96.9 Å². The molecule has 4 heteroatoms. The number of carbonyl (C=O) groups excluding carboxylic acids is 1. The van der Waals surface area contributed by atoms with Gasteiger partial charge in [0.25, 0.3) is 0 Å². The first kappa shape index (κ1) is 17.5. The number of piperidine rings is 1. The quantitative estimate of drug-likeness (QED) is 0.509. The van der Waals surface area contributed by atoms with Gasteiger partial charge in [0.05, 0.1) is 0 Å². The minimum absolute atomic E-state index is 0.0741. The molecule has 1 heterocycles. The van der Waals surface area contributed by atoms with Crippen LogP contribution in [-0.2, 0) is 6.42 Å². The highest BCUT2D eigenvalue weighted by atomic mass is 123. The molecule has 0 saturated carbocycles. The summed E-state index contributed by atoms with van der Waals surface area (Å²) >= 11 is 2.32. The van der Waals surface area contributed by atoms with E-state index in [9.17, 15) is 9.18 Å². The standard InChI is InChI=1S/C20H21FINO/c21-18-5-3-16(4-6-18)20(24)17-10-13-23(14-11-17)12-9-15-1-7-19(22)8-2-15/h1-8,17H,9-14H2/i22-4. The molecule has 2 nitrogen and oxygen atoms in total. The normalized spacial score (nSPS) is 16.2. The van der Waals surface area contributed by atoms with E-state index >= 15 is 0 Å². The van der Waals surface area contributed by atoms with Crippen LogP contribution in [0.1, 0.15) is 28.8 Å². The van der Waals surface area contributed by atoms with Crippen LogP contribution in [0.2, 0.25) is 0 Å². The molecule has 0 aromatic heterocycles. The van der Waals surface area contributed by atoms with E-state index in [1.165, 1.54) is 21.3 Å². The zero-order chi connectivity index (χ0) is 16.9. The first-order valence-electron chi connectivity index (χ1n) is 8.38. The fraction of sp³-hybridized carbons (Fsp3) is 0.350. The van der Waals surface area contributed by atoms with E-state index in [1.54, 1.807) is 12.1 Å². The molecule has 1 aliphatic heterocycles. The second kappa shape index (κ2) is 8.21. The minimum Gasteiger partial charge on any atom is -0.303 e. The molecule has 0 radical (unpaired) electrons. The molecular weight excluding hydrogens is 412 g/mol. The van der Waals surface area contributed by atoms with E-state index in [-0.39, 0.29) is 17.5 Å². The summed E-state index contributed by atoms with van der Waals surface area (Å²) in [6.07, 6.45) is 2.83. The summed E-state index contributed by atoms with van der Waals surface area (Å²) in [5, 5.41) is 0. The molecule has 0 unspecified atom stereocenters. The molecule has 24 heavy (non-hydrogen) atoms. The third-order valence-corrected chi connectivity index (χ3v) is 5.44. The Kier molecular flexibility index (Phi) is 6.00. The Balaban J connectivity index is 1.47. The van der Waals surface area contributed by atoms with Crippen molar-refractivity contribution in [3.05, 3.63) is 69.0 Å². The number of likely N-dealkylation sites (tertiary alicyclic amines) is 1. The molecule has 0 aliphatic carbocycles. The largest absolute Gasteiger partial charge is 0.303 e. The molecule has 0 bridgehead atoms. The number of benzene rings is 2. The van der Waals surface area contributed by atoms with Gasteiger partial charge in [-0.2, -0.15) is 0 Å². The molecule has 2 aromatic rings. The zero-order valence-corrected chi connectivity index (χ0v) is 15.7. The predicted octanol–water partition coefficient (Wildman–Crippen LogP) is 4.57. The van der Waals surface area contributed by atoms with Crippen molar-refractivity contribution in [1.82, 2.24) is 4.90 Å². The molecule has 126 valence electrons. The fourth-order valence-electron chi connectivity index (χ4n) is 3.21. The summed E-state index contributed by atoms with van der Waals surface area (Å²) in [6, 6.07) is 14.6. The van der Waals surface area contributed by atoms with Gasteiger partial charge in [-0.3, -0.25) is 4.79 Å². The Morgan fingerprint density at radius 1 is 1.04 bits per heavy atom. The van der Waals surface area contributed by atoms with Crippen LogP contribution in [-0.4, -0.2) is 30.3 Å². The van der Waals surface area contributed by atoms with E-state index in [2.05, 4.69) is 51.8 Å². The van der Waals surface area contributed by atoms with Gasteiger partial charge in [-0.15, -0.1) is 0 Å². The van der Waals surface area contributed by atoms with Crippen LogP contribution in [0, 0.1) is 15.3 Å². The summed E-state index contributed by atoms with van der Waals surface area (Å²) in [7, 11) is 0. The van der Waals surface area contributed by atoms with Crippen molar-refractivity contribution in [1.29, 1.82) is 0 Å². The van der Waals surface area contributed by atoms with Crippen LogP contribution in [0.4, 0.5) is 4.39 Å². The van der Waals surface area contributed by atoms with Crippen molar-refractivity contribution in [3.8, 4) is 0 Å². The van der Waals surface area contributed by atoms with Crippen molar-refractivity contribution in [2.24, 2.45) is 5.92 Å². The van der Waals surface area contributed by atoms with Gasteiger partial charge in [0.1, 0.15) is 5.82 Å². The highest BCUT2D eigenvalue weighted by Gasteiger charge is 2.25. The van der Waals surface area contributed by atoms with Crippen LogP contribution in [0.3, 0.4) is 0 Å². The molecule has 0 spiro atoms. The first-order chi connectivity index (χ1) is 11.6. The third kappa shape index (κ3) is 4.63. The van der Waals surface area contributed by atoms with E-state index in [0.717, 1.165) is 38.9 Å². The summed E-state index contributed by atoms with van der Waals surface area (Å²) in [5.74, 6) is -0.0609. The van der Waals surface area contributed by atoms with Crippen LogP contribution in [0.25, 0.3) is 0 Å². The molecular formula is C20H21FINO. The lowest BCUT2D eigenvalue weighted by atomic mass is 9.89. The van der Waals surface area contributed by atoms with Crippen molar-refractivity contribution in [3.63, 3.8) is 0 Å². The number of nitrogens with zero attached hydrogens (tertiary/aromatic N) is 1. The SMILES string of the molecule is O=C(c1ccc(F)cc1)C1CCN(CCc2ccc([123I])cc2)CC1. The zero-order valence-electron chi connectivity index (χ0n) is 13.6. The minimum atomic E-state index is -0.294. The number of ketones is 1. The molecule has 3 rings (SSSR count). The lowest BCUT2D eigenvalue weighted by Crippen LogP contribution is -2.37. The fourth-order valence-corrected chi connectivity index (χ4v) is 3.57. The number of halogens is 2. The Labute approximate surface area is 156 Å². The van der Waals surface area contributed by atoms with Gasteiger partial charge in [0.15, 0.2) is 5.78 Å². The van der Waals surface area contributed by atoms with Crippen molar-refractivity contribution < 1.29 is 9.18 Å². The van der Waals surface area contributed by atoms with Gasteiger partial charge in [-0.25, -0.2) is 4.39 Å². The molecule has 0 N–H and O–H groups in total. The topological polar surface area (TPSA) is 20.3 Å². The summed E-state index contributed by atoms with van der Waals surface area (Å²) in [6.45, 7) is 2.96. The number of carbonyl (C=O) groups is 1. The van der Waals surface area contributed by atoms with Gasteiger partial charge in [-0.1, -0.05) is 12.1 Å². The molecule has 0 atom stereocenters. The van der Waals surface area contributed by atoms with E-state index in [4.69, 9.17) is 0 Å². The van der Waals surface area contributed by atoms with Gasteiger partial charge < -0.3 is 4.90 Å². The maximum Gasteiger partial charge on any atom is 0.166 e. The Morgan fingerprint density at radius 2 is 1.67 bits per heavy atom. The number of Topliss-reactive ketones (excluding diaryl/α,β-unsaturated/α-hetero) is 1. The maximum absolute atomic E-state index is 13.0. The predicted molar refractivity (Wildman–Crippen MR) is 103 cm³/mol.